The van der Waals surface area contributed by atoms with Crippen molar-refractivity contribution < 1.29 is 19.4 Å². The molecule has 2 atom stereocenters. The second kappa shape index (κ2) is 9.73. The summed E-state index contributed by atoms with van der Waals surface area (Å²) < 4.78 is 11.1. The highest BCUT2D eigenvalue weighted by Gasteiger charge is 2.43. The Morgan fingerprint density at radius 1 is 1.00 bits per heavy atom. The highest BCUT2D eigenvalue weighted by molar-refractivity contribution is 6.30. The van der Waals surface area contributed by atoms with Gasteiger partial charge in [-0.25, -0.2) is 4.79 Å². The van der Waals surface area contributed by atoms with Crippen molar-refractivity contribution >= 4 is 35.1 Å². The summed E-state index contributed by atoms with van der Waals surface area (Å²) in [5, 5.41) is 11.5. The second-order valence-electron chi connectivity index (χ2n) is 7.39. The molecule has 1 amide bonds. The topological polar surface area (TPSA) is 71.4 Å². The first-order valence-corrected chi connectivity index (χ1v) is 11.1. The van der Waals surface area contributed by atoms with Crippen molar-refractivity contribution in [3.8, 4) is 11.5 Å². The predicted molar refractivity (Wildman–Crippen MR) is 129 cm³/mol. The van der Waals surface area contributed by atoms with Gasteiger partial charge in [0, 0.05) is 16.1 Å². The molecule has 1 aliphatic rings. The molecule has 3 aromatic carbocycles. The van der Waals surface area contributed by atoms with Gasteiger partial charge in [0.1, 0.15) is 23.4 Å². The maximum Gasteiger partial charge on any atom is 0.413 e. The molecule has 0 fully saturated rings. The molecule has 0 saturated carbocycles. The number of hydrogen-bond donors (Lipinski definition) is 1. The van der Waals surface area contributed by atoms with Crippen LogP contribution in [-0.2, 0) is 0 Å². The number of hydrogen-bond acceptors (Lipinski definition) is 4. The number of amidine groups is 1. The quantitative estimate of drug-likeness (QED) is 0.426. The number of carbonyl (C=O) groups is 1. The fourth-order valence-corrected chi connectivity index (χ4v) is 4.20. The molecule has 6 nitrogen and oxygen atoms in total. The molecule has 0 radical (unpaired) electrons. The van der Waals surface area contributed by atoms with Gasteiger partial charge in [-0.2, -0.15) is 0 Å². The molecule has 2 unspecified atom stereocenters. The normalized spacial score (nSPS) is 17.6. The Morgan fingerprint density at radius 3 is 2.15 bits per heavy atom. The molecule has 170 valence electrons. The van der Waals surface area contributed by atoms with Gasteiger partial charge in [0.05, 0.1) is 25.3 Å². The molecule has 3 aromatic rings. The Balaban J connectivity index is 1.90. The van der Waals surface area contributed by atoms with E-state index in [1.807, 2.05) is 31.2 Å². The molecule has 0 saturated heterocycles. The second-order valence-corrected chi connectivity index (χ2v) is 8.27. The predicted octanol–water partition coefficient (Wildman–Crippen LogP) is 6.62. The van der Waals surface area contributed by atoms with Crippen LogP contribution in [0, 0.1) is 0 Å². The molecule has 0 spiro atoms. The minimum Gasteiger partial charge on any atom is -0.497 e. The fourth-order valence-electron chi connectivity index (χ4n) is 3.94. The first-order chi connectivity index (χ1) is 15.9. The maximum absolute atomic E-state index is 12.6. The average Bonchev–Trinajstić information content (AvgIpc) is 3.21. The van der Waals surface area contributed by atoms with Crippen molar-refractivity contribution in [2.45, 2.75) is 19.0 Å². The number of nitrogens with zero attached hydrogens (tertiary/aromatic N) is 2. The van der Waals surface area contributed by atoms with Crippen molar-refractivity contribution in [3.63, 3.8) is 0 Å². The molecule has 1 N–H and O–H groups in total. The lowest BCUT2D eigenvalue weighted by Crippen LogP contribution is -2.36. The molecule has 0 aliphatic carbocycles. The van der Waals surface area contributed by atoms with Crippen LogP contribution in [0.15, 0.2) is 71.7 Å². The summed E-state index contributed by atoms with van der Waals surface area (Å²) in [4.78, 5) is 18.8. The highest BCUT2D eigenvalue weighted by atomic mass is 35.5. The number of aliphatic imine (C=N–C) groups is 1. The summed E-state index contributed by atoms with van der Waals surface area (Å²) in [5.74, 6) is 1.40. The molecule has 0 aromatic heterocycles. The summed E-state index contributed by atoms with van der Waals surface area (Å²) in [7, 11) is 1.56. The van der Waals surface area contributed by atoms with E-state index < -0.39 is 18.2 Å². The maximum atomic E-state index is 12.6. The van der Waals surface area contributed by atoms with Gasteiger partial charge in [0.2, 0.25) is 0 Å². The summed E-state index contributed by atoms with van der Waals surface area (Å²) in [6.45, 7) is 2.27. The van der Waals surface area contributed by atoms with Crippen LogP contribution in [0.4, 0.5) is 4.79 Å². The highest BCUT2D eigenvalue weighted by Crippen LogP contribution is 2.45. The molecule has 1 heterocycles. The van der Waals surface area contributed by atoms with E-state index in [0.29, 0.717) is 39.6 Å². The van der Waals surface area contributed by atoms with Gasteiger partial charge in [-0.1, -0.05) is 47.5 Å². The third-order valence-corrected chi connectivity index (χ3v) is 5.93. The minimum absolute atomic E-state index is 0.300. The Hall–Kier alpha value is -3.22. The summed E-state index contributed by atoms with van der Waals surface area (Å²) in [6.07, 6.45) is -1.12. The van der Waals surface area contributed by atoms with E-state index in [-0.39, 0.29) is 0 Å². The van der Waals surface area contributed by atoms with Gasteiger partial charge in [-0.05, 0) is 54.4 Å². The van der Waals surface area contributed by atoms with Crippen LogP contribution >= 0.6 is 23.2 Å². The van der Waals surface area contributed by atoms with E-state index in [1.165, 1.54) is 4.90 Å². The summed E-state index contributed by atoms with van der Waals surface area (Å²) in [5.41, 5.74) is 2.18. The number of methoxy groups -OCH3 is 1. The van der Waals surface area contributed by atoms with Crippen LogP contribution < -0.4 is 9.47 Å². The Morgan fingerprint density at radius 2 is 1.61 bits per heavy atom. The standard InChI is InChI=1S/C25H22Cl2N2O4/c1-3-33-21-14-19(32-2)12-13-20(21)24-28-22(15-4-8-17(26)9-5-15)23(29(24)25(30)31)16-6-10-18(27)11-7-16/h4-14,22-23H,3H2,1-2H3,(H,30,31). The third-order valence-electron chi connectivity index (χ3n) is 5.43. The van der Waals surface area contributed by atoms with Gasteiger partial charge >= 0.3 is 6.09 Å². The van der Waals surface area contributed by atoms with Crippen molar-refractivity contribution in [2.75, 3.05) is 13.7 Å². The Bertz CT molecular complexity index is 1180. The van der Waals surface area contributed by atoms with Crippen LogP contribution in [0.3, 0.4) is 0 Å². The van der Waals surface area contributed by atoms with Crippen LogP contribution in [0.1, 0.15) is 35.7 Å². The van der Waals surface area contributed by atoms with Gasteiger partial charge in [-0.15, -0.1) is 0 Å². The SMILES string of the molecule is CCOc1cc(OC)ccc1C1=NC(c2ccc(Cl)cc2)C(c2ccc(Cl)cc2)N1C(=O)O. The van der Waals surface area contributed by atoms with Gasteiger partial charge in [0.15, 0.2) is 0 Å². The smallest absolute Gasteiger partial charge is 0.413 e. The summed E-state index contributed by atoms with van der Waals surface area (Å²) >= 11 is 12.2. The van der Waals surface area contributed by atoms with Crippen LogP contribution in [0.25, 0.3) is 0 Å². The van der Waals surface area contributed by atoms with Crippen molar-refractivity contribution in [1.29, 1.82) is 0 Å². The molecule has 33 heavy (non-hydrogen) atoms. The number of carboxylic acid groups (broad SMARTS) is 1. The van der Waals surface area contributed by atoms with Crippen molar-refractivity contribution in [3.05, 3.63) is 93.5 Å². The molecule has 8 heteroatoms. The molecular formula is C25H22Cl2N2O4. The zero-order chi connectivity index (χ0) is 23.5. The first kappa shape index (κ1) is 23.0. The molecule has 0 bridgehead atoms. The number of rotatable bonds is 6. The monoisotopic (exact) mass is 484 g/mol. The lowest BCUT2D eigenvalue weighted by Gasteiger charge is -2.27. The van der Waals surface area contributed by atoms with E-state index >= 15 is 0 Å². The zero-order valence-electron chi connectivity index (χ0n) is 18.0. The lowest BCUT2D eigenvalue weighted by atomic mass is 9.94. The zero-order valence-corrected chi connectivity index (χ0v) is 19.5. The number of amides is 1. The first-order valence-electron chi connectivity index (χ1n) is 10.3. The number of benzene rings is 3. The van der Waals surface area contributed by atoms with Gasteiger partial charge in [-0.3, -0.25) is 9.89 Å². The largest absolute Gasteiger partial charge is 0.497 e. The van der Waals surface area contributed by atoms with Gasteiger partial charge in [0.25, 0.3) is 0 Å². The van der Waals surface area contributed by atoms with E-state index in [9.17, 15) is 9.90 Å². The van der Waals surface area contributed by atoms with Crippen LogP contribution in [-0.4, -0.2) is 35.7 Å². The van der Waals surface area contributed by atoms with E-state index in [1.54, 1.807) is 49.6 Å². The summed E-state index contributed by atoms with van der Waals surface area (Å²) in [6, 6.07) is 18.5. The minimum atomic E-state index is -1.12. The fraction of sp³-hybridized carbons (Fsp3) is 0.200. The van der Waals surface area contributed by atoms with Crippen LogP contribution in [0.2, 0.25) is 10.0 Å². The van der Waals surface area contributed by atoms with Crippen molar-refractivity contribution in [2.24, 2.45) is 4.99 Å². The Labute approximate surface area is 202 Å². The average molecular weight is 485 g/mol. The van der Waals surface area contributed by atoms with E-state index in [0.717, 1.165) is 11.1 Å². The van der Waals surface area contributed by atoms with E-state index in [4.69, 9.17) is 37.7 Å². The Kier molecular flexibility index (Phi) is 6.77. The lowest BCUT2D eigenvalue weighted by molar-refractivity contribution is 0.157. The molecular weight excluding hydrogens is 463 g/mol. The third kappa shape index (κ3) is 4.63. The van der Waals surface area contributed by atoms with Crippen LogP contribution in [0.5, 0.6) is 11.5 Å². The van der Waals surface area contributed by atoms with Crippen molar-refractivity contribution in [1.82, 2.24) is 4.90 Å². The van der Waals surface area contributed by atoms with E-state index in [2.05, 4.69) is 0 Å². The van der Waals surface area contributed by atoms with Gasteiger partial charge < -0.3 is 14.6 Å². The molecule has 1 aliphatic heterocycles. The molecule has 4 rings (SSSR count). The number of halogens is 2. The number of ether oxygens (including phenoxy) is 2.